The molecule has 2 aromatic carbocycles. The molecule has 0 saturated heterocycles. The molecule has 1 heterocycles. The molecule has 0 unspecified atom stereocenters. The number of rotatable bonds is 7. The molecule has 0 atom stereocenters. The number of nitrogens with zero attached hydrogens (tertiary/aromatic N) is 2. The number of carbonyl (C=O) groups excluding carboxylic acids is 2. The highest BCUT2D eigenvalue weighted by Crippen LogP contribution is 2.17. The average Bonchev–Trinajstić information content (AvgIpc) is 2.69. The Morgan fingerprint density at radius 1 is 1.03 bits per heavy atom. The molecule has 0 saturated carbocycles. The average molecular weight is 392 g/mol. The van der Waals surface area contributed by atoms with Crippen LogP contribution < -0.4 is 10.6 Å². The Morgan fingerprint density at radius 3 is 2.45 bits per heavy atom. The predicted octanol–water partition coefficient (Wildman–Crippen LogP) is 3.84. The van der Waals surface area contributed by atoms with E-state index >= 15 is 0 Å². The number of anilines is 2. The minimum Gasteiger partial charge on any atom is -0.350 e. The maximum atomic E-state index is 13.7. The van der Waals surface area contributed by atoms with E-state index in [4.69, 9.17) is 0 Å². The molecule has 2 N–H and O–H groups in total. The molecule has 29 heavy (non-hydrogen) atoms. The van der Waals surface area contributed by atoms with Crippen LogP contribution in [0, 0.1) is 12.7 Å². The minimum atomic E-state index is -0.359. The zero-order chi connectivity index (χ0) is 20.8. The largest absolute Gasteiger partial charge is 0.350 e. The summed E-state index contributed by atoms with van der Waals surface area (Å²) in [5, 5.41) is 5.86. The Bertz CT molecular complexity index is 1040. The normalized spacial score (nSPS) is 10.4. The van der Waals surface area contributed by atoms with Gasteiger partial charge in [0.25, 0.3) is 5.91 Å². The van der Waals surface area contributed by atoms with Crippen LogP contribution in [0.4, 0.5) is 15.9 Å². The summed E-state index contributed by atoms with van der Waals surface area (Å²) in [5.41, 5.74) is 2.11. The van der Waals surface area contributed by atoms with Gasteiger partial charge < -0.3 is 10.6 Å². The maximum Gasteiger partial charge on any atom is 0.270 e. The number of nitrogens with one attached hydrogen (secondary N) is 2. The maximum absolute atomic E-state index is 13.7. The lowest BCUT2D eigenvalue weighted by molar-refractivity contribution is 0.0947. The van der Waals surface area contributed by atoms with Gasteiger partial charge in [0.15, 0.2) is 5.78 Å². The molecule has 0 bridgehead atoms. The molecular formula is C22H21FN4O2. The predicted molar refractivity (Wildman–Crippen MR) is 109 cm³/mol. The molecule has 0 radical (unpaired) electrons. The fraction of sp³-hybridized carbons (Fsp3) is 0.182. The van der Waals surface area contributed by atoms with Crippen LogP contribution >= 0.6 is 0 Å². The first-order valence-electron chi connectivity index (χ1n) is 9.17. The number of hydrogen-bond donors (Lipinski definition) is 2. The number of amides is 1. The highest BCUT2D eigenvalue weighted by Gasteiger charge is 2.11. The summed E-state index contributed by atoms with van der Waals surface area (Å²) in [7, 11) is 0. The van der Waals surface area contributed by atoms with Crippen molar-refractivity contribution in [2.75, 3.05) is 11.9 Å². The number of Topliss-reactive ketones (excluding diaryl/α,β-unsaturated/α-hetero) is 1. The number of carbonyl (C=O) groups is 2. The van der Waals surface area contributed by atoms with E-state index in [1.165, 1.54) is 13.0 Å². The number of halogens is 1. The van der Waals surface area contributed by atoms with Crippen LogP contribution in [0.25, 0.3) is 0 Å². The molecule has 0 aliphatic heterocycles. The van der Waals surface area contributed by atoms with Gasteiger partial charge in [-0.25, -0.2) is 14.4 Å². The first-order chi connectivity index (χ1) is 13.9. The summed E-state index contributed by atoms with van der Waals surface area (Å²) in [6.45, 7) is 3.49. The fourth-order valence-corrected chi connectivity index (χ4v) is 2.79. The molecule has 0 spiro atoms. The standard InChI is InChI=1S/C22H21FN4O2/c1-14(28)16-7-9-18(10-8-16)27-21-13-20(25-15(2)26-21)22(29)24-12-11-17-5-3-4-6-19(17)23/h3-10,13H,11-12H2,1-2H3,(H,24,29)(H,25,26,27). The minimum absolute atomic E-state index is 0.0104. The van der Waals surface area contributed by atoms with Crippen LogP contribution in [-0.2, 0) is 6.42 Å². The van der Waals surface area contributed by atoms with Gasteiger partial charge in [0.1, 0.15) is 23.2 Å². The first-order valence-corrected chi connectivity index (χ1v) is 9.17. The van der Waals surface area contributed by atoms with Crippen molar-refractivity contribution in [3.05, 3.63) is 83.1 Å². The second-order valence-electron chi connectivity index (χ2n) is 6.54. The van der Waals surface area contributed by atoms with Gasteiger partial charge in [-0.05, 0) is 56.2 Å². The Morgan fingerprint density at radius 2 is 1.76 bits per heavy atom. The number of hydrogen-bond acceptors (Lipinski definition) is 5. The summed E-state index contributed by atoms with van der Waals surface area (Å²) in [6, 6.07) is 15.0. The third-order valence-electron chi connectivity index (χ3n) is 4.27. The van der Waals surface area contributed by atoms with Gasteiger partial charge in [0.05, 0.1) is 0 Å². The van der Waals surface area contributed by atoms with Crippen molar-refractivity contribution in [1.29, 1.82) is 0 Å². The lowest BCUT2D eigenvalue weighted by atomic mass is 10.1. The fourth-order valence-electron chi connectivity index (χ4n) is 2.79. The van der Waals surface area contributed by atoms with Crippen LogP contribution in [0.15, 0.2) is 54.6 Å². The van der Waals surface area contributed by atoms with Gasteiger partial charge in [-0.15, -0.1) is 0 Å². The summed E-state index contributed by atoms with van der Waals surface area (Å²) in [6.07, 6.45) is 0.385. The van der Waals surface area contributed by atoms with E-state index in [0.29, 0.717) is 29.2 Å². The van der Waals surface area contributed by atoms with Crippen LogP contribution in [0.1, 0.15) is 39.2 Å². The van der Waals surface area contributed by atoms with Crippen LogP contribution in [-0.4, -0.2) is 28.2 Å². The molecule has 3 aromatic rings. The second kappa shape index (κ2) is 9.05. The van der Waals surface area contributed by atoms with Gasteiger partial charge in [0.2, 0.25) is 0 Å². The van der Waals surface area contributed by atoms with Crippen molar-refractivity contribution in [3.8, 4) is 0 Å². The molecule has 1 aromatic heterocycles. The Hall–Kier alpha value is -3.61. The smallest absolute Gasteiger partial charge is 0.270 e. The van der Waals surface area contributed by atoms with E-state index < -0.39 is 0 Å². The molecule has 0 aliphatic rings. The zero-order valence-corrected chi connectivity index (χ0v) is 16.2. The molecular weight excluding hydrogens is 371 g/mol. The monoisotopic (exact) mass is 392 g/mol. The molecule has 3 rings (SSSR count). The van der Waals surface area contributed by atoms with E-state index in [1.807, 2.05) is 0 Å². The number of aromatic nitrogens is 2. The Labute approximate surface area is 168 Å². The number of ketones is 1. The van der Waals surface area contributed by atoms with E-state index in [1.54, 1.807) is 55.5 Å². The van der Waals surface area contributed by atoms with Gasteiger partial charge in [-0.1, -0.05) is 18.2 Å². The highest BCUT2D eigenvalue weighted by atomic mass is 19.1. The van der Waals surface area contributed by atoms with Crippen molar-refractivity contribution in [1.82, 2.24) is 15.3 Å². The Balaban J connectivity index is 1.65. The molecule has 6 nitrogen and oxygen atoms in total. The van der Waals surface area contributed by atoms with Crippen molar-refractivity contribution >= 4 is 23.2 Å². The summed E-state index contributed by atoms with van der Waals surface area (Å²) in [5.74, 6) is 0.245. The topological polar surface area (TPSA) is 84.0 Å². The summed E-state index contributed by atoms with van der Waals surface area (Å²) >= 11 is 0. The molecule has 1 amide bonds. The van der Waals surface area contributed by atoms with Crippen LogP contribution in [0.3, 0.4) is 0 Å². The quantitative estimate of drug-likeness (QED) is 0.597. The third kappa shape index (κ3) is 5.44. The van der Waals surface area contributed by atoms with Gasteiger partial charge >= 0.3 is 0 Å². The summed E-state index contributed by atoms with van der Waals surface area (Å²) < 4.78 is 13.7. The number of aryl methyl sites for hydroxylation is 1. The van der Waals surface area contributed by atoms with Crippen molar-refractivity contribution in [2.24, 2.45) is 0 Å². The van der Waals surface area contributed by atoms with Gasteiger partial charge in [-0.2, -0.15) is 0 Å². The summed E-state index contributed by atoms with van der Waals surface area (Å²) in [4.78, 5) is 32.3. The molecule has 0 fully saturated rings. The number of benzene rings is 2. The van der Waals surface area contributed by atoms with Crippen molar-refractivity contribution in [3.63, 3.8) is 0 Å². The van der Waals surface area contributed by atoms with E-state index in [-0.39, 0.29) is 29.7 Å². The molecule has 7 heteroatoms. The first kappa shape index (κ1) is 20.1. The highest BCUT2D eigenvalue weighted by molar-refractivity contribution is 5.94. The van der Waals surface area contributed by atoms with Crippen molar-refractivity contribution < 1.29 is 14.0 Å². The van der Waals surface area contributed by atoms with Gasteiger partial charge in [-0.3, -0.25) is 9.59 Å². The van der Waals surface area contributed by atoms with E-state index in [0.717, 1.165) is 5.69 Å². The lowest BCUT2D eigenvalue weighted by Gasteiger charge is -2.10. The zero-order valence-electron chi connectivity index (χ0n) is 16.2. The Kier molecular flexibility index (Phi) is 6.29. The SMILES string of the molecule is CC(=O)c1ccc(Nc2cc(C(=O)NCCc3ccccc3F)nc(C)n2)cc1. The van der Waals surface area contributed by atoms with E-state index in [9.17, 15) is 14.0 Å². The molecule has 148 valence electrons. The van der Waals surface area contributed by atoms with Gasteiger partial charge in [0, 0.05) is 23.9 Å². The van der Waals surface area contributed by atoms with Crippen molar-refractivity contribution in [2.45, 2.75) is 20.3 Å². The third-order valence-corrected chi connectivity index (χ3v) is 4.27. The van der Waals surface area contributed by atoms with Crippen LogP contribution in [0.2, 0.25) is 0 Å². The second-order valence-corrected chi connectivity index (χ2v) is 6.54. The molecule has 0 aliphatic carbocycles. The lowest BCUT2D eigenvalue weighted by Crippen LogP contribution is -2.27. The van der Waals surface area contributed by atoms with Crippen LogP contribution in [0.5, 0.6) is 0 Å². The van der Waals surface area contributed by atoms with E-state index in [2.05, 4.69) is 20.6 Å².